The molecule has 1 saturated heterocycles. The van der Waals surface area contributed by atoms with Crippen molar-refractivity contribution in [2.24, 2.45) is 0 Å². The lowest BCUT2D eigenvalue weighted by atomic mass is 10.1. The molecule has 1 N–H and O–H groups in total. The van der Waals surface area contributed by atoms with Crippen molar-refractivity contribution in [2.75, 3.05) is 31.2 Å². The summed E-state index contributed by atoms with van der Waals surface area (Å²) in [6, 6.07) is 4.97. The molecule has 0 radical (unpaired) electrons. The van der Waals surface area contributed by atoms with Crippen molar-refractivity contribution in [2.45, 2.75) is 19.9 Å². The van der Waals surface area contributed by atoms with E-state index in [9.17, 15) is 13.6 Å². The molecule has 1 aromatic heterocycles. The number of morpholine rings is 1. The van der Waals surface area contributed by atoms with Gasteiger partial charge < -0.3 is 15.0 Å². The van der Waals surface area contributed by atoms with Crippen LogP contribution in [-0.4, -0.2) is 42.2 Å². The molecule has 2 heterocycles. The summed E-state index contributed by atoms with van der Waals surface area (Å²) >= 11 is 0. The van der Waals surface area contributed by atoms with Crippen LogP contribution >= 0.6 is 0 Å². The number of anilines is 1. The first-order valence-electron chi connectivity index (χ1n) is 8.39. The molecule has 1 aromatic carbocycles. The van der Waals surface area contributed by atoms with Gasteiger partial charge in [0, 0.05) is 24.8 Å². The monoisotopic (exact) mass is 362 g/mol. The van der Waals surface area contributed by atoms with Gasteiger partial charge in [-0.25, -0.2) is 18.7 Å². The van der Waals surface area contributed by atoms with E-state index in [4.69, 9.17) is 4.74 Å². The van der Waals surface area contributed by atoms with Gasteiger partial charge in [-0.3, -0.25) is 4.79 Å². The molecule has 6 nitrogen and oxygen atoms in total. The third kappa shape index (κ3) is 4.72. The molecule has 8 heteroatoms. The summed E-state index contributed by atoms with van der Waals surface area (Å²) in [6.45, 7) is 4.78. The van der Waals surface area contributed by atoms with Crippen LogP contribution in [0.2, 0.25) is 0 Å². The van der Waals surface area contributed by atoms with Crippen molar-refractivity contribution in [1.82, 2.24) is 15.3 Å². The Morgan fingerprint density at radius 2 is 2.00 bits per heavy atom. The maximum atomic E-state index is 13.6. The number of benzene rings is 1. The van der Waals surface area contributed by atoms with E-state index in [0.29, 0.717) is 24.9 Å². The first-order valence-corrected chi connectivity index (χ1v) is 8.39. The summed E-state index contributed by atoms with van der Waals surface area (Å²) < 4.78 is 31.9. The lowest BCUT2D eigenvalue weighted by Gasteiger charge is -2.27. The van der Waals surface area contributed by atoms with Gasteiger partial charge >= 0.3 is 0 Å². The molecule has 138 valence electrons. The van der Waals surface area contributed by atoms with Crippen LogP contribution in [0.3, 0.4) is 0 Å². The van der Waals surface area contributed by atoms with Crippen LogP contribution in [0, 0.1) is 18.6 Å². The van der Waals surface area contributed by atoms with Crippen molar-refractivity contribution in [3.63, 3.8) is 0 Å². The van der Waals surface area contributed by atoms with Crippen molar-refractivity contribution in [3.8, 4) is 0 Å². The second kappa shape index (κ2) is 8.18. The molecule has 1 fully saturated rings. The van der Waals surface area contributed by atoms with Gasteiger partial charge in [0.2, 0.25) is 11.9 Å². The minimum Gasteiger partial charge on any atom is -0.378 e. The maximum absolute atomic E-state index is 13.6. The minimum absolute atomic E-state index is 0.150. The molecular formula is C18H20F2N4O2. The fourth-order valence-corrected chi connectivity index (χ4v) is 2.70. The number of amides is 1. The first-order chi connectivity index (χ1) is 12.5. The third-order valence-electron chi connectivity index (χ3n) is 4.02. The Bertz CT molecular complexity index is 795. The average molecular weight is 362 g/mol. The number of rotatable bonds is 5. The van der Waals surface area contributed by atoms with Crippen LogP contribution in [0.5, 0.6) is 0 Å². The van der Waals surface area contributed by atoms with E-state index in [1.807, 2.05) is 11.8 Å². The fraction of sp³-hybridized carbons (Fsp3) is 0.389. The number of carbonyl (C=O) groups is 1. The Kier molecular flexibility index (Phi) is 5.72. The van der Waals surface area contributed by atoms with E-state index >= 15 is 0 Å². The van der Waals surface area contributed by atoms with E-state index in [1.54, 1.807) is 6.07 Å². The number of carbonyl (C=O) groups excluding carboxylic acids is 1. The predicted molar refractivity (Wildman–Crippen MR) is 91.7 cm³/mol. The quantitative estimate of drug-likeness (QED) is 0.878. The van der Waals surface area contributed by atoms with Gasteiger partial charge in [0.05, 0.1) is 31.9 Å². The molecular weight excluding hydrogens is 342 g/mol. The highest BCUT2D eigenvalue weighted by Crippen LogP contribution is 2.13. The number of nitrogens with one attached hydrogen (secondary N) is 1. The molecule has 0 unspecified atom stereocenters. The Labute approximate surface area is 150 Å². The van der Waals surface area contributed by atoms with Crippen LogP contribution < -0.4 is 10.2 Å². The zero-order chi connectivity index (χ0) is 18.5. The Morgan fingerprint density at radius 3 is 2.73 bits per heavy atom. The smallest absolute Gasteiger partial charge is 0.225 e. The van der Waals surface area contributed by atoms with Crippen LogP contribution in [-0.2, 0) is 22.5 Å². The number of aromatic nitrogens is 2. The van der Waals surface area contributed by atoms with Crippen LogP contribution in [0.1, 0.15) is 17.0 Å². The van der Waals surface area contributed by atoms with E-state index in [1.165, 1.54) is 6.07 Å². The minimum atomic E-state index is -0.729. The highest BCUT2D eigenvalue weighted by Gasteiger charge is 2.15. The third-order valence-corrected chi connectivity index (χ3v) is 4.02. The lowest BCUT2D eigenvalue weighted by molar-refractivity contribution is -0.120. The topological polar surface area (TPSA) is 67.4 Å². The van der Waals surface area contributed by atoms with Crippen molar-refractivity contribution in [3.05, 3.63) is 52.9 Å². The normalized spacial score (nSPS) is 14.3. The summed E-state index contributed by atoms with van der Waals surface area (Å²) in [7, 11) is 0. The number of hydrogen-bond acceptors (Lipinski definition) is 5. The summed E-state index contributed by atoms with van der Waals surface area (Å²) in [5.41, 5.74) is 1.62. The van der Waals surface area contributed by atoms with Gasteiger partial charge in [-0.15, -0.1) is 0 Å². The van der Waals surface area contributed by atoms with Gasteiger partial charge in [-0.2, -0.15) is 0 Å². The number of nitrogens with zero attached hydrogens (tertiary/aromatic N) is 3. The van der Waals surface area contributed by atoms with Crippen LogP contribution in [0.4, 0.5) is 14.7 Å². The number of halogens is 2. The predicted octanol–water partition coefficient (Wildman–Crippen LogP) is 1.76. The highest BCUT2D eigenvalue weighted by molar-refractivity contribution is 5.78. The largest absolute Gasteiger partial charge is 0.378 e. The Morgan fingerprint density at radius 1 is 1.23 bits per heavy atom. The molecule has 26 heavy (non-hydrogen) atoms. The highest BCUT2D eigenvalue weighted by atomic mass is 19.1. The van der Waals surface area contributed by atoms with Gasteiger partial charge in [-0.05, 0) is 24.6 Å². The second-order valence-corrected chi connectivity index (χ2v) is 6.09. The number of aryl methyl sites for hydroxylation is 1. The van der Waals surface area contributed by atoms with Gasteiger partial charge in [0.1, 0.15) is 11.6 Å². The average Bonchev–Trinajstić information content (AvgIpc) is 2.63. The van der Waals surface area contributed by atoms with Crippen molar-refractivity contribution in [1.29, 1.82) is 0 Å². The molecule has 1 aliphatic heterocycles. The van der Waals surface area contributed by atoms with Crippen LogP contribution in [0.15, 0.2) is 24.3 Å². The molecule has 0 aliphatic carbocycles. The Balaban J connectivity index is 1.61. The summed E-state index contributed by atoms with van der Waals surface area (Å²) in [5.74, 6) is -1.15. The molecule has 1 amide bonds. The zero-order valence-electron chi connectivity index (χ0n) is 14.5. The fourth-order valence-electron chi connectivity index (χ4n) is 2.70. The second-order valence-electron chi connectivity index (χ2n) is 6.09. The molecule has 0 saturated carbocycles. The van der Waals surface area contributed by atoms with Gasteiger partial charge in [0.15, 0.2) is 0 Å². The number of hydrogen-bond donors (Lipinski definition) is 1. The summed E-state index contributed by atoms with van der Waals surface area (Å²) in [4.78, 5) is 23.0. The first kappa shape index (κ1) is 18.2. The van der Waals surface area contributed by atoms with E-state index < -0.39 is 11.6 Å². The molecule has 3 rings (SSSR count). The van der Waals surface area contributed by atoms with E-state index in [-0.39, 0.29) is 24.4 Å². The molecule has 0 spiro atoms. The standard InChI is InChI=1S/C18H20F2N4O2/c1-12-8-15(23-18(22-12)24-4-6-26-7-5-24)11-21-17(25)9-13-2-3-14(19)10-16(13)20/h2-3,8,10H,4-7,9,11H2,1H3,(H,21,25). The molecule has 0 bridgehead atoms. The van der Waals surface area contributed by atoms with E-state index in [2.05, 4.69) is 15.3 Å². The van der Waals surface area contributed by atoms with Crippen molar-refractivity contribution >= 4 is 11.9 Å². The molecule has 0 atom stereocenters. The zero-order valence-corrected chi connectivity index (χ0v) is 14.5. The molecule has 1 aliphatic rings. The van der Waals surface area contributed by atoms with Gasteiger partial charge in [0.25, 0.3) is 0 Å². The molecule has 2 aromatic rings. The van der Waals surface area contributed by atoms with Crippen molar-refractivity contribution < 1.29 is 18.3 Å². The van der Waals surface area contributed by atoms with E-state index in [0.717, 1.165) is 30.9 Å². The number of ether oxygens (including phenoxy) is 1. The Hall–Kier alpha value is -2.61. The van der Waals surface area contributed by atoms with Crippen LogP contribution in [0.25, 0.3) is 0 Å². The van der Waals surface area contributed by atoms with Gasteiger partial charge in [-0.1, -0.05) is 6.07 Å². The summed E-state index contributed by atoms with van der Waals surface area (Å²) in [6.07, 6.45) is -0.160. The lowest BCUT2D eigenvalue weighted by Crippen LogP contribution is -2.37. The maximum Gasteiger partial charge on any atom is 0.225 e. The summed E-state index contributed by atoms with van der Waals surface area (Å²) in [5, 5.41) is 2.71. The SMILES string of the molecule is Cc1cc(CNC(=O)Cc2ccc(F)cc2F)nc(N2CCOCC2)n1.